The van der Waals surface area contributed by atoms with Crippen LogP contribution in [0.3, 0.4) is 0 Å². The number of hydrogen-bond donors (Lipinski definition) is 1. The van der Waals surface area contributed by atoms with E-state index in [9.17, 15) is 4.39 Å². The largest absolute Gasteiger partial charge is 0.496 e. The number of ether oxygens (including phenoxy) is 1. The summed E-state index contributed by atoms with van der Waals surface area (Å²) in [5.41, 5.74) is 8.27. The molecule has 0 amide bonds. The third-order valence-electron chi connectivity index (χ3n) is 3.42. The minimum absolute atomic E-state index is 0.218. The Bertz CT molecular complexity index is 601. The van der Waals surface area contributed by atoms with Crippen LogP contribution in [0, 0.1) is 5.82 Å². The molecule has 0 atom stereocenters. The molecule has 0 saturated heterocycles. The SMILES string of the molecule is COc1ccccc1CN(C)Cc1ccc(F)c(CN)c1. The lowest BCUT2D eigenvalue weighted by Crippen LogP contribution is -2.18. The molecule has 0 saturated carbocycles. The fourth-order valence-corrected chi connectivity index (χ4v) is 2.37. The first-order chi connectivity index (χ1) is 10.1. The molecule has 0 heterocycles. The number of rotatable bonds is 6. The van der Waals surface area contributed by atoms with E-state index in [4.69, 9.17) is 10.5 Å². The van der Waals surface area contributed by atoms with Gasteiger partial charge in [0.15, 0.2) is 0 Å². The van der Waals surface area contributed by atoms with Crippen molar-refractivity contribution in [2.24, 2.45) is 5.73 Å². The smallest absolute Gasteiger partial charge is 0.127 e. The minimum Gasteiger partial charge on any atom is -0.496 e. The molecule has 0 aliphatic rings. The maximum atomic E-state index is 13.4. The first-order valence-electron chi connectivity index (χ1n) is 6.92. The van der Waals surface area contributed by atoms with Crippen molar-refractivity contribution in [3.8, 4) is 5.75 Å². The van der Waals surface area contributed by atoms with Gasteiger partial charge in [-0.05, 0) is 24.7 Å². The van der Waals surface area contributed by atoms with Crippen LogP contribution in [0.2, 0.25) is 0 Å². The Hall–Kier alpha value is -1.91. The summed E-state index contributed by atoms with van der Waals surface area (Å²) in [5, 5.41) is 0. The Morgan fingerprint density at radius 3 is 2.57 bits per heavy atom. The molecule has 2 rings (SSSR count). The third-order valence-corrected chi connectivity index (χ3v) is 3.42. The van der Waals surface area contributed by atoms with Gasteiger partial charge in [0, 0.05) is 30.8 Å². The number of halogens is 1. The van der Waals surface area contributed by atoms with E-state index in [2.05, 4.69) is 4.90 Å². The lowest BCUT2D eigenvalue weighted by Gasteiger charge is -2.19. The Morgan fingerprint density at radius 1 is 1.10 bits per heavy atom. The fourth-order valence-electron chi connectivity index (χ4n) is 2.37. The topological polar surface area (TPSA) is 38.5 Å². The maximum Gasteiger partial charge on any atom is 0.127 e. The summed E-state index contributed by atoms with van der Waals surface area (Å²) in [4.78, 5) is 2.16. The minimum atomic E-state index is -0.242. The summed E-state index contributed by atoms with van der Waals surface area (Å²) < 4.78 is 18.8. The van der Waals surface area contributed by atoms with Crippen molar-refractivity contribution in [3.05, 3.63) is 65.0 Å². The molecule has 4 heteroatoms. The van der Waals surface area contributed by atoms with Gasteiger partial charge in [-0.15, -0.1) is 0 Å². The Labute approximate surface area is 125 Å². The van der Waals surface area contributed by atoms with Gasteiger partial charge in [0.25, 0.3) is 0 Å². The van der Waals surface area contributed by atoms with E-state index < -0.39 is 0 Å². The number of nitrogens with zero attached hydrogens (tertiary/aromatic N) is 1. The second-order valence-corrected chi connectivity index (χ2v) is 5.11. The predicted molar refractivity (Wildman–Crippen MR) is 82.5 cm³/mol. The van der Waals surface area contributed by atoms with Crippen LogP contribution in [0.15, 0.2) is 42.5 Å². The molecule has 0 aliphatic heterocycles. The maximum absolute atomic E-state index is 13.4. The van der Waals surface area contributed by atoms with Gasteiger partial charge < -0.3 is 10.5 Å². The molecular formula is C17H21FN2O. The van der Waals surface area contributed by atoms with Crippen molar-refractivity contribution in [2.75, 3.05) is 14.2 Å². The third kappa shape index (κ3) is 4.03. The summed E-state index contributed by atoms with van der Waals surface area (Å²) in [7, 11) is 3.70. The van der Waals surface area contributed by atoms with Crippen LogP contribution in [-0.4, -0.2) is 19.1 Å². The van der Waals surface area contributed by atoms with Crippen molar-refractivity contribution >= 4 is 0 Å². The van der Waals surface area contributed by atoms with Crippen LogP contribution in [-0.2, 0) is 19.6 Å². The summed E-state index contributed by atoms with van der Waals surface area (Å²) in [6, 6.07) is 13.1. The van der Waals surface area contributed by atoms with E-state index in [1.54, 1.807) is 13.2 Å². The van der Waals surface area contributed by atoms with E-state index in [0.29, 0.717) is 5.56 Å². The fraction of sp³-hybridized carbons (Fsp3) is 0.294. The van der Waals surface area contributed by atoms with E-state index in [1.165, 1.54) is 6.07 Å². The highest BCUT2D eigenvalue weighted by Gasteiger charge is 2.08. The second kappa shape index (κ2) is 7.20. The highest BCUT2D eigenvalue weighted by atomic mass is 19.1. The molecule has 0 fully saturated rings. The standard InChI is InChI=1S/C17H21FN2O/c1-20(12-14-5-3-4-6-17(14)21-2)11-13-7-8-16(18)15(9-13)10-19/h3-9H,10-12,19H2,1-2H3. The van der Waals surface area contributed by atoms with Gasteiger partial charge in [-0.3, -0.25) is 4.90 Å². The van der Waals surface area contributed by atoms with Crippen LogP contribution in [0.5, 0.6) is 5.75 Å². The Balaban J connectivity index is 2.06. The molecule has 0 unspecified atom stereocenters. The first-order valence-corrected chi connectivity index (χ1v) is 6.92. The first kappa shape index (κ1) is 15.5. The summed E-state index contributed by atoms with van der Waals surface area (Å²) >= 11 is 0. The summed E-state index contributed by atoms with van der Waals surface area (Å²) in [5.74, 6) is 0.639. The molecule has 2 aromatic rings. The zero-order chi connectivity index (χ0) is 15.2. The average molecular weight is 288 g/mol. The molecule has 3 nitrogen and oxygen atoms in total. The molecule has 2 N–H and O–H groups in total. The molecular weight excluding hydrogens is 267 g/mol. The predicted octanol–water partition coefficient (Wildman–Crippen LogP) is 2.93. The van der Waals surface area contributed by atoms with Crippen molar-refractivity contribution in [2.45, 2.75) is 19.6 Å². The molecule has 0 aliphatic carbocycles. The lowest BCUT2D eigenvalue weighted by atomic mass is 10.1. The number of hydrogen-bond acceptors (Lipinski definition) is 3. The average Bonchev–Trinajstić information content (AvgIpc) is 2.49. The molecule has 0 aromatic heterocycles. The highest BCUT2D eigenvalue weighted by Crippen LogP contribution is 2.20. The normalized spacial score (nSPS) is 10.9. The monoisotopic (exact) mass is 288 g/mol. The highest BCUT2D eigenvalue weighted by molar-refractivity contribution is 5.33. The molecule has 112 valence electrons. The van der Waals surface area contributed by atoms with E-state index >= 15 is 0 Å². The molecule has 0 radical (unpaired) electrons. The van der Waals surface area contributed by atoms with Crippen molar-refractivity contribution in [1.29, 1.82) is 0 Å². The molecule has 0 bridgehead atoms. The molecule has 21 heavy (non-hydrogen) atoms. The van der Waals surface area contributed by atoms with Crippen molar-refractivity contribution in [3.63, 3.8) is 0 Å². The molecule has 2 aromatic carbocycles. The zero-order valence-electron chi connectivity index (χ0n) is 12.5. The molecule has 0 spiro atoms. The Morgan fingerprint density at radius 2 is 1.86 bits per heavy atom. The number of methoxy groups -OCH3 is 1. The second-order valence-electron chi connectivity index (χ2n) is 5.11. The van der Waals surface area contributed by atoms with Gasteiger partial charge >= 0.3 is 0 Å². The van der Waals surface area contributed by atoms with Crippen LogP contribution >= 0.6 is 0 Å². The van der Waals surface area contributed by atoms with Gasteiger partial charge in [0.05, 0.1) is 7.11 Å². The zero-order valence-corrected chi connectivity index (χ0v) is 12.5. The quantitative estimate of drug-likeness (QED) is 0.888. The Kier molecular flexibility index (Phi) is 5.31. The van der Waals surface area contributed by atoms with E-state index in [0.717, 1.165) is 30.0 Å². The van der Waals surface area contributed by atoms with E-state index in [-0.39, 0.29) is 12.4 Å². The van der Waals surface area contributed by atoms with Gasteiger partial charge in [0.2, 0.25) is 0 Å². The van der Waals surface area contributed by atoms with Crippen molar-refractivity contribution < 1.29 is 9.13 Å². The summed E-state index contributed by atoms with van der Waals surface area (Å²) in [6.07, 6.45) is 0. The van der Waals surface area contributed by atoms with Gasteiger partial charge in [-0.1, -0.05) is 30.3 Å². The summed E-state index contributed by atoms with van der Waals surface area (Å²) in [6.45, 7) is 1.71. The van der Waals surface area contributed by atoms with Crippen molar-refractivity contribution in [1.82, 2.24) is 4.90 Å². The van der Waals surface area contributed by atoms with Crippen LogP contribution < -0.4 is 10.5 Å². The number of nitrogens with two attached hydrogens (primary N) is 1. The van der Waals surface area contributed by atoms with Crippen LogP contribution in [0.1, 0.15) is 16.7 Å². The lowest BCUT2D eigenvalue weighted by molar-refractivity contribution is 0.310. The van der Waals surface area contributed by atoms with Gasteiger partial charge in [0.1, 0.15) is 11.6 Å². The van der Waals surface area contributed by atoms with E-state index in [1.807, 2.05) is 37.4 Å². The van der Waals surface area contributed by atoms with Crippen LogP contribution in [0.25, 0.3) is 0 Å². The number of para-hydroxylation sites is 1. The van der Waals surface area contributed by atoms with Gasteiger partial charge in [-0.25, -0.2) is 4.39 Å². The van der Waals surface area contributed by atoms with Gasteiger partial charge in [-0.2, -0.15) is 0 Å². The van der Waals surface area contributed by atoms with Crippen LogP contribution in [0.4, 0.5) is 4.39 Å². The number of benzene rings is 2.